The number of rotatable bonds is 4. The maximum atomic E-state index is 13.7. The van der Waals surface area contributed by atoms with E-state index in [1.807, 2.05) is 18.7 Å². The second-order valence-corrected chi connectivity index (χ2v) is 5.61. The van der Waals surface area contributed by atoms with Gasteiger partial charge in [-0.05, 0) is 25.0 Å². The van der Waals surface area contributed by atoms with E-state index in [1.54, 1.807) is 17.0 Å². The van der Waals surface area contributed by atoms with Crippen LogP contribution in [0.3, 0.4) is 0 Å². The summed E-state index contributed by atoms with van der Waals surface area (Å²) in [5.41, 5.74) is 0.0993. The molecule has 0 aromatic heterocycles. The Morgan fingerprint density at radius 1 is 1.05 bits per heavy atom. The maximum absolute atomic E-state index is 13.7. The summed E-state index contributed by atoms with van der Waals surface area (Å²) in [6.45, 7) is 6.00. The van der Waals surface area contributed by atoms with Crippen LogP contribution in [0.5, 0.6) is 0 Å². The van der Waals surface area contributed by atoms with Crippen LogP contribution in [0.1, 0.15) is 37.0 Å². The molecule has 0 N–H and O–H groups in total. The first kappa shape index (κ1) is 16.5. The topological polar surface area (TPSA) is 40.6 Å². The summed E-state index contributed by atoms with van der Waals surface area (Å²) in [5.74, 6) is -0.562. The Morgan fingerprint density at radius 2 is 1.59 bits per heavy atom. The molecule has 1 aliphatic rings. The fourth-order valence-corrected chi connectivity index (χ4v) is 2.83. The van der Waals surface area contributed by atoms with Crippen LogP contribution in [0.15, 0.2) is 24.3 Å². The van der Waals surface area contributed by atoms with Crippen molar-refractivity contribution in [1.29, 1.82) is 0 Å². The number of amides is 2. The lowest BCUT2D eigenvalue weighted by Crippen LogP contribution is -2.52. The molecular formula is C17H23FN2O2. The fraction of sp³-hybridized carbons (Fsp3) is 0.529. The third-order valence-corrected chi connectivity index (χ3v) is 4.32. The van der Waals surface area contributed by atoms with E-state index in [4.69, 9.17) is 0 Å². The summed E-state index contributed by atoms with van der Waals surface area (Å²) >= 11 is 0. The molecule has 22 heavy (non-hydrogen) atoms. The maximum Gasteiger partial charge on any atom is 0.256 e. The van der Waals surface area contributed by atoms with Crippen LogP contribution in [0, 0.1) is 11.7 Å². The zero-order valence-corrected chi connectivity index (χ0v) is 13.2. The summed E-state index contributed by atoms with van der Waals surface area (Å²) in [4.78, 5) is 28.1. The van der Waals surface area contributed by atoms with E-state index >= 15 is 0 Å². The third-order valence-electron chi connectivity index (χ3n) is 4.32. The molecule has 1 aromatic rings. The minimum Gasteiger partial charge on any atom is -0.339 e. The largest absolute Gasteiger partial charge is 0.339 e. The Labute approximate surface area is 130 Å². The normalized spacial score (nSPS) is 15.3. The molecule has 1 heterocycles. The van der Waals surface area contributed by atoms with E-state index in [1.165, 1.54) is 12.1 Å². The molecular weight excluding hydrogens is 283 g/mol. The van der Waals surface area contributed by atoms with Crippen LogP contribution < -0.4 is 0 Å². The highest BCUT2D eigenvalue weighted by Gasteiger charge is 2.28. The van der Waals surface area contributed by atoms with Gasteiger partial charge >= 0.3 is 0 Å². The number of benzene rings is 1. The number of hydrogen-bond acceptors (Lipinski definition) is 2. The number of carbonyl (C=O) groups excluding carboxylic acids is 2. The molecule has 120 valence electrons. The van der Waals surface area contributed by atoms with Crippen molar-refractivity contribution in [2.75, 3.05) is 26.2 Å². The quantitative estimate of drug-likeness (QED) is 0.858. The van der Waals surface area contributed by atoms with Crippen LogP contribution in [0.4, 0.5) is 4.39 Å². The molecule has 1 aliphatic heterocycles. The molecule has 0 radical (unpaired) electrons. The minimum atomic E-state index is -0.497. The molecule has 2 amide bonds. The Kier molecular flexibility index (Phi) is 5.52. The average Bonchev–Trinajstić information content (AvgIpc) is 2.56. The van der Waals surface area contributed by atoms with Crippen LogP contribution in [0.2, 0.25) is 0 Å². The van der Waals surface area contributed by atoms with E-state index in [0.717, 1.165) is 12.8 Å². The molecule has 1 saturated heterocycles. The van der Waals surface area contributed by atoms with Crippen molar-refractivity contribution < 1.29 is 14.0 Å². The second-order valence-electron chi connectivity index (χ2n) is 5.61. The van der Waals surface area contributed by atoms with Crippen molar-refractivity contribution >= 4 is 11.8 Å². The van der Waals surface area contributed by atoms with Crippen molar-refractivity contribution in [3.63, 3.8) is 0 Å². The molecule has 0 saturated carbocycles. The minimum absolute atomic E-state index is 0.0637. The SMILES string of the molecule is CCC(CC)C(=O)N1CCN(C(=O)c2ccccc2F)CC1. The molecule has 4 nitrogen and oxygen atoms in total. The molecule has 1 aromatic carbocycles. The van der Waals surface area contributed by atoms with E-state index in [0.29, 0.717) is 26.2 Å². The third kappa shape index (κ3) is 3.46. The second kappa shape index (κ2) is 7.38. The summed E-state index contributed by atoms with van der Waals surface area (Å²) in [6, 6.07) is 6.01. The summed E-state index contributed by atoms with van der Waals surface area (Å²) < 4.78 is 13.7. The molecule has 5 heteroatoms. The van der Waals surface area contributed by atoms with Gasteiger partial charge in [0.2, 0.25) is 5.91 Å². The average molecular weight is 306 g/mol. The van der Waals surface area contributed by atoms with Gasteiger partial charge in [0.1, 0.15) is 5.82 Å². The molecule has 0 aliphatic carbocycles. The van der Waals surface area contributed by atoms with Gasteiger partial charge in [0.05, 0.1) is 5.56 Å². The van der Waals surface area contributed by atoms with Gasteiger partial charge in [0.15, 0.2) is 0 Å². The molecule has 0 unspecified atom stereocenters. The Balaban J connectivity index is 1.96. The smallest absolute Gasteiger partial charge is 0.256 e. The van der Waals surface area contributed by atoms with Gasteiger partial charge in [-0.3, -0.25) is 9.59 Å². The van der Waals surface area contributed by atoms with Crippen LogP contribution in [-0.2, 0) is 4.79 Å². The predicted molar refractivity (Wildman–Crippen MR) is 83.0 cm³/mol. The van der Waals surface area contributed by atoms with Gasteiger partial charge in [-0.2, -0.15) is 0 Å². The lowest BCUT2D eigenvalue weighted by atomic mass is 10.0. The highest BCUT2D eigenvalue weighted by Crippen LogP contribution is 2.16. The van der Waals surface area contributed by atoms with Gasteiger partial charge < -0.3 is 9.80 Å². The van der Waals surface area contributed by atoms with Crippen molar-refractivity contribution in [1.82, 2.24) is 9.80 Å². The van der Waals surface area contributed by atoms with Crippen LogP contribution in [-0.4, -0.2) is 47.8 Å². The first-order valence-corrected chi connectivity index (χ1v) is 7.91. The summed E-state index contributed by atoms with van der Waals surface area (Å²) in [5, 5.41) is 0. The Morgan fingerprint density at radius 3 is 2.14 bits per heavy atom. The monoisotopic (exact) mass is 306 g/mol. The fourth-order valence-electron chi connectivity index (χ4n) is 2.83. The van der Waals surface area contributed by atoms with Crippen molar-refractivity contribution in [3.05, 3.63) is 35.6 Å². The number of halogens is 1. The number of hydrogen-bond donors (Lipinski definition) is 0. The molecule has 2 rings (SSSR count). The molecule has 0 spiro atoms. The van der Waals surface area contributed by atoms with Gasteiger partial charge in [-0.25, -0.2) is 4.39 Å². The molecule has 0 bridgehead atoms. The van der Waals surface area contributed by atoms with Crippen molar-refractivity contribution in [2.45, 2.75) is 26.7 Å². The van der Waals surface area contributed by atoms with Crippen LogP contribution >= 0.6 is 0 Å². The number of nitrogens with zero attached hydrogens (tertiary/aromatic N) is 2. The number of piperazine rings is 1. The summed E-state index contributed by atoms with van der Waals surface area (Å²) in [7, 11) is 0. The number of carbonyl (C=O) groups is 2. The lowest BCUT2D eigenvalue weighted by molar-refractivity contribution is -0.137. The first-order chi connectivity index (χ1) is 10.6. The zero-order valence-electron chi connectivity index (χ0n) is 13.2. The van der Waals surface area contributed by atoms with Crippen LogP contribution in [0.25, 0.3) is 0 Å². The van der Waals surface area contributed by atoms with Gasteiger partial charge in [-0.1, -0.05) is 26.0 Å². The predicted octanol–water partition coefficient (Wildman–Crippen LogP) is 2.55. The first-order valence-electron chi connectivity index (χ1n) is 7.91. The summed E-state index contributed by atoms with van der Waals surface area (Å²) in [6.07, 6.45) is 1.67. The lowest BCUT2D eigenvalue weighted by Gasteiger charge is -2.36. The van der Waals surface area contributed by atoms with Gasteiger partial charge in [-0.15, -0.1) is 0 Å². The Bertz CT molecular complexity index is 535. The highest BCUT2D eigenvalue weighted by atomic mass is 19.1. The van der Waals surface area contributed by atoms with E-state index in [-0.39, 0.29) is 23.3 Å². The van der Waals surface area contributed by atoms with Gasteiger partial charge in [0.25, 0.3) is 5.91 Å². The van der Waals surface area contributed by atoms with E-state index < -0.39 is 5.82 Å². The highest BCUT2D eigenvalue weighted by molar-refractivity contribution is 5.94. The molecule has 0 atom stereocenters. The van der Waals surface area contributed by atoms with E-state index in [2.05, 4.69) is 0 Å². The van der Waals surface area contributed by atoms with Gasteiger partial charge in [0, 0.05) is 32.1 Å². The van der Waals surface area contributed by atoms with Crippen molar-refractivity contribution in [3.8, 4) is 0 Å². The van der Waals surface area contributed by atoms with Crippen molar-refractivity contribution in [2.24, 2.45) is 5.92 Å². The Hall–Kier alpha value is -1.91. The van der Waals surface area contributed by atoms with E-state index in [9.17, 15) is 14.0 Å². The standard InChI is InChI=1S/C17H23FN2O2/c1-3-13(4-2)16(21)19-9-11-20(12-10-19)17(22)14-7-5-6-8-15(14)18/h5-8,13H,3-4,9-12H2,1-2H3. The zero-order chi connectivity index (χ0) is 16.1. The molecule has 1 fully saturated rings.